The van der Waals surface area contributed by atoms with Gasteiger partial charge >= 0.3 is 16.4 Å². The molecule has 2 aliphatic heterocycles. The number of amides is 2. The first-order chi connectivity index (χ1) is 9.44. The summed E-state index contributed by atoms with van der Waals surface area (Å²) in [6.45, 7) is 0.797. The molecule has 3 heterocycles. The van der Waals surface area contributed by atoms with Crippen molar-refractivity contribution in [2.75, 3.05) is 6.54 Å². The SMILES string of the molecule is O=C1N2C[C@@H](CC[C@H]2Cn2nccn2)N1OS(=O)(=O)O. The van der Waals surface area contributed by atoms with Crippen LogP contribution < -0.4 is 0 Å². The van der Waals surface area contributed by atoms with Gasteiger partial charge in [0.2, 0.25) is 0 Å². The molecule has 0 spiro atoms. The first kappa shape index (κ1) is 13.3. The standard InChI is InChI=1S/C9H13N5O5S/c15-9-12-5-8(14(9)19-20(16,17)18)2-1-7(12)6-13-10-3-4-11-13/h3-4,7-8H,1-2,5-6H2,(H,16,17,18)/t7-,8+/m0/s1. The molecule has 3 rings (SSSR count). The molecule has 0 aromatic carbocycles. The number of hydrogen-bond donors (Lipinski definition) is 1. The summed E-state index contributed by atoms with van der Waals surface area (Å²) in [6, 6.07) is -1.06. The molecule has 20 heavy (non-hydrogen) atoms. The van der Waals surface area contributed by atoms with Crippen molar-refractivity contribution in [1.29, 1.82) is 0 Å². The van der Waals surface area contributed by atoms with E-state index in [1.54, 1.807) is 12.4 Å². The minimum atomic E-state index is -4.70. The summed E-state index contributed by atoms with van der Waals surface area (Å²) in [5, 5.41) is 8.69. The molecular formula is C9H13N5O5S. The molecule has 0 radical (unpaired) electrons. The summed E-state index contributed by atoms with van der Waals surface area (Å²) in [5.74, 6) is 0. The molecule has 0 unspecified atom stereocenters. The summed E-state index contributed by atoms with van der Waals surface area (Å²) in [4.78, 5) is 15.1. The highest BCUT2D eigenvalue weighted by molar-refractivity contribution is 7.80. The minimum absolute atomic E-state index is 0.124. The molecule has 1 aromatic rings. The Bertz CT molecular complexity index is 602. The third-order valence-corrected chi connectivity index (χ3v) is 3.81. The number of hydrogen-bond acceptors (Lipinski definition) is 6. The highest BCUT2D eigenvalue weighted by atomic mass is 32.3. The van der Waals surface area contributed by atoms with E-state index in [-0.39, 0.29) is 12.1 Å². The molecule has 1 N–H and O–H groups in total. The molecule has 0 aliphatic carbocycles. The van der Waals surface area contributed by atoms with Gasteiger partial charge in [-0.05, 0) is 12.8 Å². The van der Waals surface area contributed by atoms with E-state index >= 15 is 0 Å². The van der Waals surface area contributed by atoms with Gasteiger partial charge in [0, 0.05) is 6.54 Å². The van der Waals surface area contributed by atoms with Crippen LogP contribution in [0.4, 0.5) is 4.79 Å². The Labute approximate surface area is 114 Å². The second-order valence-electron chi connectivity index (χ2n) is 4.73. The predicted molar refractivity (Wildman–Crippen MR) is 63.4 cm³/mol. The lowest BCUT2D eigenvalue weighted by Crippen LogP contribution is -2.42. The number of carbonyl (C=O) groups excluding carboxylic acids is 1. The number of carbonyl (C=O) groups is 1. The average molecular weight is 303 g/mol. The van der Waals surface area contributed by atoms with Crippen LogP contribution >= 0.6 is 0 Å². The van der Waals surface area contributed by atoms with Gasteiger partial charge in [0.05, 0.1) is 31.0 Å². The van der Waals surface area contributed by atoms with Crippen molar-refractivity contribution in [3.8, 4) is 0 Å². The van der Waals surface area contributed by atoms with E-state index < -0.39 is 16.4 Å². The molecule has 0 saturated carbocycles. The highest BCUT2D eigenvalue weighted by Crippen LogP contribution is 2.31. The lowest BCUT2D eigenvalue weighted by molar-refractivity contribution is -0.0317. The first-order valence-corrected chi connectivity index (χ1v) is 7.41. The van der Waals surface area contributed by atoms with E-state index in [4.69, 9.17) is 4.55 Å². The number of hydroxylamine groups is 2. The molecule has 2 aliphatic rings. The molecule has 10 nitrogen and oxygen atoms in total. The summed E-state index contributed by atoms with van der Waals surface area (Å²) in [5.41, 5.74) is 0. The normalized spacial score (nSPS) is 26.4. The molecule has 1 aromatic heterocycles. The van der Waals surface area contributed by atoms with Crippen LogP contribution in [0.15, 0.2) is 12.4 Å². The summed E-state index contributed by atoms with van der Waals surface area (Å²) in [6.07, 6.45) is 4.36. The number of urea groups is 1. The van der Waals surface area contributed by atoms with Gasteiger partial charge in [-0.2, -0.15) is 28.5 Å². The van der Waals surface area contributed by atoms with Crippen molar-refractivity contribution < 1.29 is 22.0 Å². The maximum Gasteiger partial charge on any atom is 0.418 e. The van der Waals surface area contributed by atoms with Crippen LogP contribution in [0, 0.1) is 0 Å². The minimum Gasteiger partial charge on any atom is -0.316 e. The maximum atomic E-state index is 12.1. The molecule has 11 heteroatoms. The third kappa shape index (κ3) is 2.46. The van der Waals surface area contributed by atoms with Gasteiger partial charge in [0.1, 0.15) is 0 Å². The highest BCUT2D eigenvalue weighted by Gasteiger charge is 2.47. The number of fused-ring (bicyclic) bond motifs is 2. The second-order valence-corrected chi connectivity index (χ2v) is 5.74. The molecule has 2 bridgehead atoms. The summed E-state index contributed by atoms with van der Waals surface area (Å²) >= 11 is 0. The number of aromatic nitrogens is 3. The zero-order valence-corrected chi connectivity index (χ0v) is 11.2. The van der Waals surface area contributed by atoms with Gasteiger partial charge in [0.25, 0.3) is 0 Å². The summed E-state index contributed by atoms with van der Waals surface area (Å²) in [7, 11) is -4.70. The molecule has 2 fully saturated rings. The molecule has 2 amide bonds. The Morgan fingerprint density at radius 3 is 2.70 bits per heavy atom. The van der Waals surface area contributed by atoms with Gasteiger partial charge in [-0.15, -0.1) is 4.28 Å². The predicted octanol–water partition coefficient (Wildman–Crippen LogP) is -0.719. The Kier molecular flexibility index (Phi) is 3.11. The van der Waals surface area contributed by atoms with Gasteiger partial charge in [-0.25, -0.2) is 4.79 Å². The fraction of sp³-hybridized carbons (Fsp3) is 0.667. The Morgan fingerprint density at radius 2 is 2.05 bits per heavy atom. The van der Waals surface area contributed by atoms with Crippen LogP contribution in [0.5, 0.6) is 0 Å². The zero-order chi connectivity index (χ0) is 14.3. The van der Waals surface area contributed by atoms with E-state index in [0.717, 1.165) is 5.06 Å². The average Bonchev–Trinajstić information content (AvgIpc) is 2.94. The molecule has 110 valence electrons. The third-order valence-electron chi connectivity index (χ3n) is 3.46. The quantitative estimate of drug-likeness (QED) is 0.729. The van der Waals surface area contributed by atoms with E-state index in [1.807, 2.05) is 0 Å². The second kappa shape index (κ2) is 4.68. The lowest BCUT2D eigenvalue weighted by atomic mass is 10.0. The van der Waals surface area contributed by atoms with Gasteiger partial charge in [0.15, 0.2) is 0 Å². The maximum absolute atomic E-state index is 12.1. The molecular weight excluding hydrogens is 290 g/mol. The lowest BCUT2D eigenvalue weighted by Gasteiger charge is -2.29. The summed E-state index contributed by atoms with van der Waals surface area (Å²) < 4.78 is 34.6. The van der Waals surface area contributed by atoms with E-state index in [9.17, 15) is 13.2 Å². The van der Waals surface area contributed by atoms with Gasteiger partial charge in [-0.3, -0.25) is 4.55 Å². The fourth-order valence-electron chi connectivity index (χ4n) is 2.63. The van der Waals surface area contributed by atoms with Crippen LogP contribution in [-0.4, -0.2) is 62.6 Å². The number of nitrogens with zero attached hydrogens (tertiary/aromatic N) is 5. The van der Waals surface area contributed by atoms with E-state index in [0.29, 0.717) is 25.9 Å². The van der Waals surface area contributed by atoms with Crippen molar-refractivity contribution in [2.45, 2.75) is 31.5 Å². The largest absolute Gasteiger partial charge is 0.418 e. The van der Waals surface area contributed by atoms with Crippen LogP contribution in [0.1, 0.15) is 12.8 Å². The van der Waals surface area contributed by atoms with Crippen LogP contribution in [0.25, 0.3) is 0 Å². The molecule has 2 saturated heterocycles. The van der Waals surface area contributed by atoms with Gasteiger partial charge < -0.3 is 4.90 Å². The zero-order valence-electron chi connectivity index (χ0n) is 10.4. The Morgan fingerprint density at radius 1 is 1.35 bits per heavy atom. The Balaban J connectivity index is 1.74. The van der Waals surface area contributed by atoms with Gasteiger partial charge in [-0.1, -0.05) is 0 Å². The monoisotopic (exact) mass is 303 g/mol. The van der Waals surface area contributed by atoms with Crippen molar-refractivity contribution in [3.63, 3.8) is 0 Å². The van der Waals surface area contributed by atoms with Crippen LogP contribution in [0.3, 0.4) is 0 Å². The van der Waals surface area contributed by atoms with Crippen LogP contribution in [0.2, 0.25) is 0 Å². The topological polar surface area (TPSA) is 118 Å². The molecule has 2 atom stereocenters. The van der Waals surface area contributed by atoms with Crippen LogP contribution in [-0.2, 0) is 21.2 Å². The van der Waals surface area contributed by atoms with Crippen molar-refractivity contribution in [2.24, 2.45) is 0 Å². The van der Waals surface area contributed by atoms with Crippen molar-refractivity contribution in [3.05, 3.63) is 12.4 Å². The van der Waals surface area contributed by atoms with Crippen molar-refractivity contribution >= 4 is 16.4 Å². The van der Waals surface area contributed by atoms with E-state index in [2.05, 4.69) is 14.5 Å². The Hall–Kier alpha value is -1.72. The fourth-order valence-corrected chi connectivity index (χ4v) is 3.02. The first-order valence-electron chi connectivity index (χ1n) is 6.05. The number of piperidine rings is 1. The number of rotatable bonds is 4. The smallest absolute Gasteiger partial charge is 0.316 e. The van der Waals surface area contributed by atoms with E-state index in [1.165, 1.54) is 9.70 Å². The van der Waals surface area contributed by atoms with Crippen molar-refractivity contribution in [1.82, 2.24) is 25.0 Å².